The van der Waals surface area contributed by atoms with Gasteiger partial charge < -0.3 is 5.11 Å². The average molecular weight is 496 g/mol. The van der Waals surface area contributed by atoms with Crippen LogP contribution in [0.3, 0.4) is 0 Å². The van der Waals surface area contributed by atoms with E-state index in [1.54, 1.807) is 24.3 Å². The third kappa shape index (κ3) is 4.47. The molecule has 8 heteroatoms. The molecule has 0 saturated carbocycles. The lowest BCUT2D eigenvalue weighted by molar-refractivity contribution is -0.385. The molecule has 0 unspecified atom stereocenters. The second-order valence-electron chi connectivity index (χ2n) is 8.24. The molecule has 0 amide bonds. The molecule has 0 atom stereocenters. The first-order valence-electron chi connectivity index (χ1n) is 11.2. The predicted octanol–water partition coefficient (Wildman–Crippen LogP) is 6.33. The van der Waals surface area contributed by atoms with Gasteiger partial charge in [-0.05, 0) is 36.3 Å². The van der Waals surface area contributed by atoms with E-state index in [-0.39, 0.29) is 17.0 Å². The Hall–Kier alpha value is -4.40. The molecule has 0 aliphatic rings. The third-order valence-corrected chi connectivity index (χ3v) is 6.77. The van der Waals surface area contributed by atoms with Gasteiger partial charge in [0.05, 0.1) is 28.5 Å². The smallest absolute Gasteiger partial charge is 0.275 e. The fourth-order valence-corrected chi connectivity index (χ4v) is 4.90. The van der Waals surface area contributed by atoms with Crippen molar-refractivity contribution in [2.75, 3.05) is 0 Å². The fraction of sp³-hybridized carbons (Fsp3) is 0.0714. The van der Waals surface area contributed by atoms with Crippen molar-refractivity contribution in [2.45, 2.75) is 13.5 Å². The predicted molar refractivity (Wildman–Crippen MR) is 141 cm³/mol. The van der Waals surface area contributed by atoms with E-state index < -0.39 is 11.5 Å². The standard InChI is InChI=1S/C28H21N3O4S/c1-18-16-30-24(13-14-26(33)21-9-7-20(8-10-21)19-5-3-2-4-6-19)27(29-28(30)36-18)22-11-12-23(17-32)25(15-22)31(34)35/h2-16,32H,17H2,1H3/b14-13+. The molecule has 1 N–H and O–H groups in total. The molecule has 5 aromatic rings. The Morgan fingerprint density at radius 1 is 1.06 bits per heavy atom. The second kappa shape index (κ2) is 9.69. The summed E-state index contributed by atoms with van der Waals surface area (Å²) in [5, 5.41) is 21.0. The summed E-state index contributed by atoms with van der Waals surface area (Å²) in [5.41, 5.74) is 4.42. The van der Waals surface area contributed by atoms with Crippen LogP contribution in [-0.4, -0.2) is 25.2 Å². The molecule has 3 aromatic carbocycles. The molecule has 0 radical (unpaired) electrons. The molecule has 5 rings (SSSR count). The first-order chi connectivity index (χ1) is 17.4. The van der Waals surface area contributed by atoms with Crippen molar-refractivity contribution in [2.24, 2.45) is 0 Å². The Bertz CT molecular complexity index is 1620. The van der Waals surface area contributed by atoms with Gasteiger partial charge in [-0.1, -0.05) is 60.7 Å². The Morgan fingerprint density at radius 2 is 1.75 bits per heavy atom. The molecule has 178 valence electrons. The number of nitro benzene ring substituents is 1. The molecule has 0 bridgehead atoms. The van der Waals surface area contributed by atoms with Crippen molar-refractivity contribution in [1.29, 1.82) is 0 Å². The van der Waals surface area contributed by atoms with Crippen LogP contribution in [0.15, 0.2) is 85.1 Å². The maximum absolute atomic E-state index is 13.0. The number of benzene rings is 3. The zero-order valence-corrected chi connectivity index (χ0v) is 20.1. The van der Waals surface area contributed by atoms with Gasteiger partial charge in [-0.3, -0.25) is 19.3 Å². The number of carbonyl (C=O) groups is 1. The fourth-order valence-electron chi connectivity index (χ4n) is 4.07. The van der Waals surface area contributed by atoms with Crippen molar-refractivity contribution < 1.29 is 14.8 Å². The number of aromatic nitrogens is 2. The number of fused-ring (bicyclic) bond motifs is 1. The van der Waals surface area contributed by atoms with Gasteiger partial charge >= 0.3 is 0 Å². The number of thiazole rings is 1. The largest absolute Gasteiger partial charge is 0.391 e. The van der Waals surface area contributed by atoms with E-state index in [4.69, 9.17) is 0 Å². The number of nitro groups is 1. The Balaban J connectivity index is 1.50. The number of rotatable bonds is 7. The minimum absolute atomic E-state index is 0.163. The highest BCUT2D eigenvalue weighted by Gasteiger charge is 2.19. The quantitative estimate of drug-likeness (QED) is 0.123. The van der Waals surface area contributed by atoms with Crippen LogP contribution in [0.25, 0.3) is 33.4 Å². The molecule has 2 aromatic heterocycles. The highest BCUT2D eigenvalue weighted by atomic mass is 32.1. The molecule has 7 nitrogen and oxygen atoms in total. The molecule has 0 aliphatic carbocycles. The first kappa shape index (κ1) is 23.3. The number of ketones is 1. The topological polar surface area (TPSA) is 97.7 Å². The number of aryl methyl sites for hydroxylation is 1. The molecular formula is C28H21N3O4S. The van der Waals surface area contributed by atoms with Crippen molar-refractivity contribution in [3.63, 3.8) is 0 Å². The van der Waals surface area contributed by atoms with Gasteiger partial charge in [0.15, 0.2) is 10.7 Å². The number of aliphatic hydroxyl groups is 1. The van der Waals surface area contributed by atoms with Gasteiger partial charge in [0.25, 0.3) is 5.69 Å². The number of aliphatic hydroxyl groups excluding tert-OH is 1. The van der Waals surface area contributed by atoms with E-state index in [2.05, 4.69) is 4.98 Å². The van der Waals surface area contributed by atoms with Crippen LogP contribution < -0.4 is 0 Å². The highest BCUT2D eigenvalue weighted by Crippen LogP contribution is 2.32. The van der Waals surface area contributed by atoms with Crippen LogP contribution in [0.5, 0.6) is 0 Å². The van der Waals surface area contributed by atoms with Crippen LogP contribution >= 0.6 is 11.3 Å². The Kier molecular flexibility index (Phi) is 6.28. The highest BCUT2D eigenvalue weighted by molar-refractivity contribution is 7.17. The molecule has 0 fully saturated rings. The maximum Gasteiger partial charge on any atom is 0.275 e. The summed E-state index contributed by atoms with van der Waals surface area (Å²) >= 11 is 1.49. The van der Waals surface area contributed by atoms with Crippen molar-refractivity contribution >= 4 is 33.8 Å². The van der Waals surface area contributed by atoms with Crippen molar-refractivity contribution in [3.05, 3.63) is 117 Å². The minimum atomic E-state index is -0.518. The monoisotopic (exact) mass is 495 g/mol. The summed E-state index contributed by atoms with van der Waals surface area (Å²) < 4.78 is 1.88. The lowest BCUT2D eigenvalue weighted by atomic mass is 10.0. The van der Waals surface area contributed by atoms with Gasteiger partial charge in [0, 0.05) is 28.3 Å². The van der Waals surface area contributed by atoms with E-state index in [1.807, 2.05) is 60.0 Å². The summed E-state index contributed by atoms with van der Waals surface area (Å²) in [4.78, 5) is 30.4. The minimum Gasteiger partial charge on any atom is -0.391 e. The number of imidazole rings is 1. The number of allylic oxidation sites excluding steroid dienone is 1. The summed E-state index contributed by atoms with van der Waals surface area (Å²) in [7, 11) is 0. The molecule has 36 heavy (non-hydrogen) atoms. The van der Waals surface area contributed by atoms with Gasteiger partial charge in [0.1, 0.15) is 0 Å². The molecule has 0 spiro atoms. The van der Waals surface area contributed by atoms with Crippen LogP contribution in [0.4, 0.5) is 5.69 Å². The lowest BCUT2D eigenvalue weighted by Gasteiger charge is -2.04. The zero-order chi connectivity index (χ0) is 25.2. The van der Waals surface area contributed by atoms with Crippen LogP contribution in [0, 0.1) is 17.0 Å². The van der Waals surface area contributed by atoms with E-state index in [9.17, 15) is 20.0 Å². The summed E-state index contributed by atoms with van der Waals surface area (Å²) in [6.07, 6.45) is 5.11. The summed E-state index contributed by atoms with van der Waals surface area (Å²) in [6.45, 7) is 1.53. The summed E-state index contributed by atoms with van der Waals surface area (Å²) in [6, 6.07) is 22.0. The van der Waals surface area contributed by atoms with E-state index in [1.165, 1.54) is 29.5 Å². The van der Waals surface area contributed by atoms with E-state index in [0.29, 0.717) is 22.5 Å². The first-order valence-corrected chi connectivity index (χ1v) is 12.0. The Labute approximate surface area is 210 Å². The normalized spacial score (nSPS) is 11.4. The van der Waals surface area contributed by atoms with Crippen molar-refractivity contribution in [3.8, 4) is 22.4 Å². The average Bonchev–Trinajstić information content (AvgIpc) is 3.43. The summed E-state index contributed by atoms with van der Waals surface area (Å²) in [5.74, 6) is -0.163. The van der Waals surface area contributed by atoms with Crippen molar-refractivity contribution in [1.82, 2.24) is 9.38 Å². The number of hydrogen-bond acceptors (Lipinski definition) is 6. The maximum atomic E-state index is 13.0. The van der Waals surface area contributed by atoms with Gasteiger partial charge in [-0.15, -0.1) is 11.3 Å². The number of nitrogens with zero attached hydrogens (tertiary/aromatic N) is 3. The molecule has 0 saturated heterocycles. The molecular weight excluding hydrogens is 474 g/mol. The van der Waals surface area contributed by atoms with E-state index >= 15 is 0 Å². The molecule has 0 aliphatic heterocycles. The van der Waals surface area contributed by atoms with Crippen LogP contribution in [0.2, 0.25) is 0 Å². The van der Waals surface area contributed by atoms with Gasteiger partial charge in [-0.25, -0.2) is 4.98 Å². The number of hydrogen-bond donors (Lipinski definition) is 1. The second-order valence-corrected chi connectivity index (χ2v) is 9.45. The lowest BCUT2D eigenvalue weighted by Crippen LogP contribution is -1.97. The van der Waals surface area contributed by atoms with Crippen LogP contribution in [-0.2, 0) is 6.61 Å². The SMILES string of the molecule is Cc1cn2c(/C=C/C(=O)c3ccc(-c4ccccc4)cc3)c(-c3ccc(CO)c([N+](=O)[O-])c3)nc2s1. The van der Waals surface area contributed by atoms with Crippen LogP contribution in [0.1, 0.15) is 26.5 Å². The Morgan fingerprint density at radius 3 is 2.44 bits per heavy atom. The zero-order valence-electron chi connectivity index (χ0n) is 19.3. The number of carbonyl (C=O) groups excluding carboxylic acids is 1. The van der Waals surface area contributed by atoms with Gasteiger partial charge in [0.2, 0.25) is 0 Å². The van der Waals surface area contributed by atoms with E-state index in [0.717, 1.165) is 21.0 Å². The van der Waals surface area contributed by atoms with Gasteiger partial charge in [-0.2, -0.15) is 0 Å². The third-order valence-electron chi connectivity index (χ3n) is 5.87. The molecule has 2 heterocycles.